The van der Waals surface area contributed by atoms with E-state index in [1.54, 1.807) is 7.11 Å². The van der Waals surface area contributed by atoms with Crippen molar-refractivity contribution in [2.75, 3.05) is 54.6 Å². The summed E-state index contributed by atoms with van der Waals surface area (Å²) in [6.45, 7) is 5.90. The van der Waals surface area contributed by atoms with Gasteiger partial charge in [0, 0.05) is 94.3 Å². The van der Waals surface area contributed by atoms with E-state index in [1.165, 1.54) is 14.2 Å². The summed E-state index contributed by atoms with van der Waals surface area (Å²) in [7, 11) is 6.65. The first kappa shape index (κ1) is 36.5. The number of aromatic nitrogens is 2. The van der Waals surface area contributed by atoms with E-state index in [0.29, 0.717) is 31.6 Å². The highest BCUT2D eigenvalue weighted by molar-refractivity contribution is 5.93. The highest BCUT2D eigenvalue weighted by atomic mass is 16.5. The number of ether oxygens (including phenoxy) is 3. The largest absolute Gasteiger partial charge is 0.496 e. The van der Waals surface area contributed by atoms with Gasteiger partial charge in [-0.05, 0) is 82.2 Å². The molecule has 6 heterocycles. The molecule has 2 aliphatic carbocycles. The van der Waals surface area contributed by atoms with E-state index in [2.05, 4.69) is 56.2 Å². The molecular formula is C44H54N4O7. The van der Waals surface area contributed by atoms with Gasteiger partial charge in [0.1, 0.15) is 16.6 Å². The minimum Gasteiger partial charge on any atom is -0.496 e. The molecule has 55 heavy (non-hydrogen) atoms. The number of carbonyl (C=O) groups excluding carboxylic acids is 2. The van der Waals surface area contributed by atoms with Crippen LogP contribution in [0.3, 0.4) is 0 Å². The summed E-state index contributed by atoms with van der Waals surface area (Å²) in [5.74, 6) is -0.277. The predicted octanol–water partition coefficient (Wildman–Crippen LogP) is 4.82. The molecule has 0 radical (unpaired) electrons. The molecule has 6 aliphatic rings. The smallest absolute Gasteiger partial charge is 0.319 e. The lowest BCUT2D eigenvalue weighted by molar-refractivity contribution is -0.169. The maximum atomic E-state index is 14.3. The SMILES string of the molecule is C/C=C1/CN(C)[C@H]2Cc3c([nH]c4ccccc34)[C@H](c3cc4c5c([nH]c4cc3OC)[C@]3(C(=O)OC)C[C@H]4C[C@H]([C@H](C)O)[C@@H]3N(CC5)C4)C[C@@H]1[C@]2(CO)C(=O)OC. The number of aromatic amines is 2. The Bertz CT molecular complexity index is 2220. The molecular weight excluding hydrogens is 697 g/mol. The van der Waals surface area contributed by atoms with Crippen LogP contribution in [0.4, 0.5) is 0 Å². The Labute approximate surface area is 322 Å². The first-order valence-electron chi connectivity index (χ1n) is 19.9. The number of carbonyl (C=O) groups is 2. The molecule has 11 nitrogen and oxygen atoms in total. The lowest BCUT2D eigenvalue weighted by atomic mass is 9.56. The van der Waals surface area contributed by atoms with Crippen LogP contribution in [0.25, 0.3) is 21.8 Å². The number of aliphatic hydroxyl groups excluding tert-OH is 2. The third-order valence-electron chi connectivity index (χ3n) is 14.8. The van der Waals surface area contributed by atoms with Crippen molar-refractivity contribution in [3.05, 3.63) is 76.1 Å². The second kappa shape index (κ2) is 13.2. The first-order valence-corrected chi connectivity index (χ1v) is 19.9. The van der Waals surface area contributed by atoms with Crippen molar-refractivity contribution in [3.8, 4) is 5.75 Å². The van der Waals surface area contributed by atoms with Gasteiger partial charge in [0.25, 0.3) is 0 Å². The van der Waals surface area contributed by atoms with Gasteiger partial charge in [0.2, 0.25) is 0 Å². The van der Waals surface area contributed by atoms with Crippen molar-refractivity contribution >= 4 is 33.7 Å². The molecule has 2 aromatic carbocycles. The summed E-state index contributed by atoms with van der Waals surface area (Å²) in [6.07, 6.45) is 4.95. The highest BCUT2D eigenvalue weighted by Crippen LogP contribution is 2.57. The Kier molecular flexibility index (Phi) is 8.77. The maximum absolute atomic E-state index is 14.3. The van der Waals surface area contributed by atoms with Gasteiger partial charge in [-0.1, -0.05) is 29.8 Å². The van der Waals surface area contributed by atoms with Crippen molar-refractivity contribution < 1.29 is 34.0 Å². The van der Waals surface area contributed by atoms with Crippen LogP contribution in [0.5, 0.6) is 5.75 Å². The van der Waals surface area contributed by atoms with E-state index in [4.69, 9.17) is 14.2 Å². The molecule has 0 amide bonds. The number of H-pyrrole nitrogens is 2. The fourth-order valence-electron chi connectivity index (χ4n) is 12.5. The minimum absolute atomic E-state index is 0.0507. The van der Waals surface area contributed by atoms with E-state index in [-0.39, 0.29) is 48.3 Å². The van der Waals surface area contributed by atoms with E-state index in [9.17, 15) is 19.8 Å². The number of nitrogens with zero attached hydrogens (tertiary/aromatic N) is 2. The highest BCUT2D eigenvalue weighted by Gasteiger charge is 2.64. The van der Waals surface area contributed by atoms with E-state index in [0.717, 1.165) is 81.4 Å². The lowest BCUT2D eigenvalue weighted by Gasteiger charge is -2.58. The summed E-state index contributed by atoms with van der Waals surface area (Å²) in [5.41, 5.74) is 6.09. The quantitative estimate of drug-likeness (QED) is 0.161. The van der Waals surface area contributed by atoms with Crippen LogP contribution in [0.2, 0.25) is 0 Å². The number of piperidine rings is 3. The number of benzene rings is 2. The van der Waals surface area contributed by atoms with Gasteiger partial charge in [-0.15, -0.1) is 0 Å². The van der Waals surface area contributed by atoms with Gasteiger partial charge < -0.3 is 34.4 Å². The Morgan fingerprint density at radius 1 is 1.04 bits per heavy atom. The third-order valence-corrected chi connectivity index (χ3v) is 14.8. The summed E-state index contributed by atoms with van der Waals surface area (Å²) < 4.78 is 17.6. The standard InChI is InChI=1S/C44H54N4O7/c1-7-25-21-47(3)37-17-32-26-10-8-9-11-34(26)45-38(32)31(16-33(25)44(37,22-49)42(52)55-6)30-15-29-27-12-13-48-20-24-14-28(23(2)50)40(48)43(19-24,41(51)54-5)39(27)46-35(29)18-36(30)53-4/h7-11,15,18,23-24,28,31,33,37,40,45-46,49-50H,12-14,16-17,19-22H2,1-6H3/b25-7-/t23-,24+,28+,31-,33-,37-,40-,43+,44-/m0/s1. The van der Waals surface area contributed by atoms with Crippen LogP contribution in [-0.4, -0.2) is 115 Å². The number of likely N-dealkylation sites (tertiary alicyclic amines) is 1. The van der Waals surface area contributed by atoms with Crippen LogP contribution >= 0.6 is 0 Å². The van der Waals surface area contributed by atoms with Crippen molar-refractivity contribution in [2.24, 2.45) is 23.2 Å². The lowest BCUT2D eigenvalue weighted by Crippen LogP contribution is -2.68. The normalized spacial score (nSPS) is 34.0. The zero-order valence-electron chi connectivity index (χ0n) is 32.8. The third kappa shape index (κ3) is 4.95. The molecule has 3 saturated heterocycles. The van der Waals surface area contributed by atoms with Gasteiger partial charge in [0.05, 0.1) is 34.0 Å². The monoisotopic (exact) mass is 750 g/mol. The Morgan fingerprint density at radius 3 is 2.53 bits per heavy atom. The number of hydrogen-bond acceptors (Lipinski definition) is 9. The van der Waals surface area contributed by atoms with Crippen molar-refractivity contribution in [2.45, 2.75) is 75.5 Å². The van der Waals surface area contributed by atoms with Crippen LogP contribution in [-0.2, 0) is 37.3 Å². The molecule has 4 N–H and O–H groups in total. The van der Waals surface area contributed by atoms with E-state index < -0.39 is 22.9 Å². The predicted molar refractivity (Wildman–Crippen MR) is 209 cm³/mol. The molecule has 0 spiro atoms. The van der Waals surface area contributed by atoms with Crippen LogP contribution in [0.1, 0.15) is 67.1 Å². The Balaban J connectivity index is 1.29. The number of rotatable bonds is 6. The average Bonchev–Trinajstić information content (AvgIpc) is 3.72. The van der Waals surface area contributed by atoms with Gasteiger partial charge in [-0.2, -0.15) is 0 Å². The number of para-hydroxylation sites is 1. The van der Waals surface area contributed by atoms with Gasteiger partial charge in [-0.25, -0.2) is 0 Å². The molecule has 10 rings (SSSR count). The van der Waals surface area contributed by atoms with Crippen LogP contribution < -0.4 is 4.74 Å². The number of allylic oxidation sites excluding steroid dienone is 1. The summed E-state index contributed by atoms with van der Waals surface area (Å²) in [4.78, 5) is 40.8. The zero-order chi connectivity index (χ0) is 38.6. The average molecular weight is 751 g/mol. The Morgan fingerprint density at radius 2 is 1.82 bits per heavy atom. The fraction of sp³-hybridized carbons (Fsp3) is 0.545. The molecule has 2 aromatic heterocycles. The molecule has 292 valence electrons. The molecule has 4 aliphatic heterocycles. The second-order valence-electron chi connectivity index (χ2n) is 17.1. The van der Waals surface area contributed by atoms with Crippen LogP contribution in [0, 0.1) is 23.2 Å². The maximum Gasteiger partial charge on any atom is 0.319 e. The summed E-state index contributed by atoms with van der Waals surface area (Å²) in [5, 5.41) is 24.7. The first-order chi connectivity index (χ1) is 26.6. The van der Waals surface area contributed by atoms with Gasteiger partial charge >= 0.3 is 11.9 Å². The van der Waals surface area contributed by atoms with E-state index in [1.807, 2.05) is 27.0 Å². The minimum atomic E-state index is -1.20. The number of aliphatic hydroxyl groups is 2. The Hall–Kier alpha value is -4.16. The summed E-state index contributed by atoms with van der Waals surface area (Å²) in [6, 6.07) is 12.2. The molecule has 4 fully saturated rings. The van der Waals surface area contributed by atoms with Crippen LogP contribution in [0.15, 0.2) is 48.0 Å². The van der Waals surface area contributed by atoms with Crippen molar-refractivity contribution in [1.29, 1.82) is 0 Å². The number of likely N-dealkylation sites (N-methyl/N-ethyl adjacent to an activating group) is 1. The second-order valence-corrected chi connectivity index (χ2v) is 17.1. The number of fused-ring (bicyclic) bond motifs is 9. The molecule has 4 aromatic rings. The van der Waals surface area contributed by atoms with Crippen molar-refractivity contribution in [3.63, 3.8) is 0 Å². The number of hydrogen-bond donors (Lipinski definition) is 4. The summed E-state index contributed by atoms with van der Waals surface area (Å²) >= 11 is 0. The van der Waals surface area contributed by atoms with Gasteiger partial charge in [0.15, 0.2) is 0 Å². The van der Waals surface area contributed by atoms with Crippen molar-refractivity contribution in [1.82, 2.24) is 19.8 Å². The number of nitrogens with one attached hydrogen (secondary N) is 2. The number of methoxy groups -OCH3 is 3. The molecule has 1 saturated carbocycles. The molecule has 10 atom stereocenters. The topological polar surface area (TPSA) is 140 Å². The number of esters is 2. The fourth-order valence-corrected chi connectivity index (χ4v) is 12.5. The molecule has 11 heteroatoms. The molecule has 1 unspecified atom stereocenters. The molecule has 6 bridgehead atoms. The van der Waals surface area contributed by atoms with Gasteiger partial charge in [-0.3, -0.25) is 19.4 Å². The van der Waals surface area contributed by atoms with E-state index >= 15 is 0 Å². The zero-order valence-corrected chi connectivity index (χ0v) is 32.8.